The van der Waals surface area contributed by atoms with Crippen molar-refractivity contribution < 1.29 is 0 Å². The molecule has 0 radical (unpaired) electrons. The van der Waals surface area contributed by atoms with E-state index in [1.807, 2.05) is 791 Å². The van der Waals surface area contributed by atoms with E-state index < -0.39 is 0 Å². The first-order valence-electron chi connectivity index (χ1n) is 24.8. The fraction of sp³-hybridized carbons (Fsp3) is 0. The van der Waals surface area contributed by atoms with Gasteiger partial charge < -0.3 is 5.32 Å². The number of anilines is 2. The predicted octanol–water partition coefficient (Wildman–Crippen LogP) is 6.00. The van der Waals surface area contributed by atoms with Crippen LogP contribution in [0.1, 0.15) is 0 Å². The molecule has 126 heavy (non-hydrogen) atoms. The van der Waals surface area contributed by atoms with Gasteiger partial charge in [0.2, 0.25) is 0 Å². The van der Waals surface area contributed by atoms with E-state index in [2.05, 4.69) is 84.2 Å². The highest BCUT2D eigenvalue weighted by atomic mass is 33.6. The third-order valence-electron chi connectivity index (χ3n) is 6.83. The lowest BCUT2D eigenvalue weighted by Gasteiger charge is -2.09. The van der Waals surface area contributed by atoms with Gasteiger partial charge in [-0.2, -0.15) is 0 Å². The third-order valence-corrected chi connectivity index (χ3v) is 229. The fourth-order valence-corrected chi connectivity index (χ4v) is 276. The number of para-hydroxylation sites is 1. The van der Waals surface area contributed by atoms with Gasteiger partial charge in [0.1, 0.15) is 0 Å². The minimum Gasteiger partial charge on any atom is -0.356 e. The molecule has 104 heteroatoms. The Kier molecular flexibility index (Phi) is 137. The third kappa shape index (κ3) is 105. The molecule has 4 aromatic carbocycles. The van der Waals surface area contributed by atoms with Gasteiger partial charge in [-0.25, -0.2) is 0 Å². The summed E-state index contributed by atoms with van der Waals surface area (Å²) in [6.45, 7) is 0. The first-order chi connectivity index (χ1) is 62.8. The van der Waals surface area contributed by atoms with Gasteiger partial charge in [-0.05, 0) is 46.2 Å². The van der Waals surface area contributed by atoms with Crippen molar-refractivity contribution in [3.05, 3.63) is 97.1 Å². The second-order valence-electron chi connectivity index (χ2n) is 12.5. The van der Waals surface area contributed by atoms with E-state index in [4.69, 9.17) is 22.4 Å². The van der Waals surface area contributed by atoms with Crippen LogP contribution in [0.5, 0.6) is 0 Å². The molecular weight excluding hydrogens is 3580 g/mol. The van der Waals surface area contributed by atoms with Crippen LogP contribution in [0.15, 0.2) is 97.1 Å². The molecule has 0 aliphatic heterocycles. The van der Waals surface area contributed by atoms with Crippen molar-refractivity contribution in [3.63, 3.8) is 0 Å². The minimum atomic E-state index is 1.10. The van der Waals surface area contributed by atoms with Gasteiger partial charge in [0.25, 0.3) is 0 Å². The molecule has 1 N–H and O–H groups in total. The molecule has 0 aliphatic carbocycles. The lowest BCUT2D eigenvalue weighted by Crippen LogP contribution is -1.89. The van der Waals surface area contributed by atoms with Crippen LogP contribution in [-0.2, 0) is 919 Å². The highest BCUT2D eigenvalue weighted by Crippen LogP contribution is 2.30. The summed E-state index contributed by atoms with van der Waals surface area (Å²) in [6, 6.07) is 33.8. The SMILES string of the molecule is S=S=S=S=S=S=S=S=S=S=S=S=S=S=S=S=S=S=S=S=S=S=S=S=S=S=S=S=S=S=S=S=S=S=S=S=S=S=S=S=S=S=S=S=S=S=S=S=S=S=S=S=S=S=S=S=S=S=S=S=S=S=S=S=S=S=S=S=S=S=S=S=S=S=S=S=S=S=S=S=S=S=S=S=S=S=S=S=S=S=S=S=S=S=S=S=S=S=S=S=S=S=S.c1ccc(Nc2ccc(-c3cccc4ccccc34)cc2)cc1. The summed E-state index contributed by atoms with van der Waals surface area (Å²) in [5, 5.41) is 5.98. The smallest absolute Gasteiger partial charge is 0.0384 e. The monoisotopic (exact) mass is 3590 g/mol. The van der Waals surface area contributed by atoms with Crippen molar-refractivity contribution in [2.75, 3.05) is 5.32 Å². The number of nitrogens with one attached hydrogen (secondary N) is 1. The molecule has 0 unspecified atom stereocenters. The summed E-state index contributed by atoms with van der Waals surface area (Å²) in [5.41, 5.74) is 4.71. The van der Waals surface area contributed by atoms with Crippen molar-refractivity contribution in [2.24, 2.45) is 0 Å². The average Bonchev–Trinajstić information content (AvgIpc) is 0.805. The summed E-state index contributed by atoms with van der Waals surface area (Å²) < 4.78 is 0. The molecule has 0 aliphatic rings. The van der Waals surface area contributed by atoms with Gasteiger partial charge in [-0.15, -0.1) is 0 Å². The summed E-state index contributed by atoms with van der Waals surface area (Å²) in [6.07, 6.45) is 0. The molecule has 728 valence electrons. The highest BCUT2D eigenvalue weighted by molar-refractivity contribution is 8.88. The number of fused-ring (bicyclic) bond motifs is 1. The van der Waals surface area contributed by atoms with Crippen molar-refractivity contribution in [1.29, 1.82) is 0 Å². The van der Waals surface area contributed by atoms with Crippen LogP contribution in [-0.4, -0.2) is 0 Å². The number of hydrogen-bond acceptors (Lipinski definition) is 3. The molecule has 0 fully saturated rings. The molecule has 1 nitrogen and oxygen atoms in total. The van der Waals surface area contributed by atoms with Crippen LogP contribution in [0.2, 0.25) is 0 Å². The second-order valence-corrected chi connectivity index (χ2v) is 191. The quantitative estimate of drug-likeness (QED) is 0.271. The van der Waals surface area contributed by atoms with Crippen molar-refractivity contribution in [3.8, 4) is 11.1 Å². The molecule has 0 bridgehead atoms. The Morgan fingerprint density at radius 2 is 0.270 bits per heavy atom. The zero-order valence-electron chi connectivity index (χ0n) is 54.8. The Bertz CT molecular complexity index is 9450. The maximum Gasteiger partial charge on any atom is 0.0384 e. The number of hydrogen-bond donors (Lipinski definition) is 1. The molecule has 0 heterocycles. The lowest BCUT2D eigenvalue weighted by molar-refractivity contribution is 1.55. The Morgan fingerprint density at radius 3 is 0.444 bits per heavy atom. The maximum absolute atomic E-state index is 4.83. The normalized spacial score (nSPS) is 8.38. The molecule has 0 atom stereocenters. The van der Waals surface area contributed by atoms with Gasteiger partial charge in [0.15, 0.2) is 0 Å². The largest absolute Gasteiger partial charge is 0.356 e. The summed E-state index contributed by atoms with van der Waals surface area (Å²) in [5.74, 6) is 0. The van der Waals surface area contributed by atoms with E-state index in [0.29, 0.717) is 0 Å². The van der Waals surface area contributed by atoms with Crippen molar-refractivity contribution >= 4 is 941 Å². The van der Waals surface area contributed by atoms with Gasteiger partial charge in [0, 0.05) is 931 Å². The number of benzene rings is 4. The highest BCUT2D eigenvalue weighted by Gasteiger charge is 2.03. The first kappa shape index (κ1) is 140. The van der Waals surface area contributed by atoms with Crippen LogP contribution in [0, 0.1) is 0 Å². The molecule has 0 amide bonds. The minimum absolute atomic E-state index is 1.10. The van der Waals surface area contributed by atoms with Gasteiger partial charge >= 0.3 is 0 Å². The maximum atomic E-state index is 4.83. The zero-order valence-corrected chi connectivity index (χ0v) is 139. The zero-order chi connectivity index (χ0) is 88.9. The molecule has 4 aromatic rings. The van der Waals surface area contributed by atoms with Crippen LogP contribution in [0.25, 0.3) is 21.9 Å². The average molecular weight is 3600 g/mol. The van der Waals surface area contributed by atoms with Crippen molar-refractivity contribution in [2.45, 2.75) is 0 Å². The van der Waals surface area contributed by atoms with E-state index in [1.54, 1.807) is 107 Å². The Labute approximate surface area is 1020 Å². The molecule has 0 saturated heterocycles. The van der Waals surface area contributed by atoms with Crippen LogP contribution >= 0.6 is 0 Å². The van der Waals surface area contributed by atoms with Crippen LogP contribution in [0.3, 0.4) is 0 Å². The van der Waals surface area contributed by atoms with E-state index in [0.717, 1.165) is 11.4 Å². The number of rotatable bonds is 3. The molecule has 0 spiro atoms. The van der Waals surface area contributed by atoms with Gasteiger partial charge in [-0.1, -0.05) is 72.8 Å². The molecule has 0 aromatic heterocycles. The molecule has 4 rings (SSSR count). The lowest BCUT2D eigenvalue weighted by atomic mass is 9.98. The summed E-state index contributed by atoms with van der Waals surface area (Å²) in [4.78, 5) is 0. The van der Waals surface area contributed by atoms with E-state index in [9.17, 15) is 0 Å². The van der Waals surface area contributed by atoms with Crippen LogP contribution < -0.4 is 5.32 Å². The van der Waals surface area contributed by atoms with Gasteiger partial charge in [0.05, 0.1) is 0 Å². The summed E-state index contributed by atoms with van der Waals surface area (Å²) >= 11 is 9.66. The van der Waals surface area contributed by atoms with Crippen LogP contribution in [0.4, 0.5) is 11.4 Å². The molecular formula is C22H17NS103. The standard InChI is InChI=1S/C22H17N.S103/c1-2-9-19(10-3-1)23-20-15-13-18(14-16-20)22-12-6-8-17-7-4-5-11-21(17)22;1-3-5-7-9-11-13-15-17-19-21-23-25-27-29-31-33-35-37-39-41-43-45-47-49-51-53-55-57-59-61-63-65-67-69-71-73-75-77-79-81-83-85-87-89-91-93-95-97-99-101-103-102-100-98-96-94-92-90-88-86-84-82-80-78-76-74-72-70-68-66-64-62-60-58-56-54-52-50-48-46-44-42-40-38-36-34-32-30-28-26-24-22-20-18-16-14-12-10-8-6-4-2/h1-16,23H;. The van der Waals surface area contributed by atoms with E-state index in [-0.39, 0.29) is 0 Å². The Morgan fingerprint density at radius 1 is 0.127 bits per heavy atom. The first-order valence-corrected chi connectivity index (χ1v) is 161. The Hall–Kier alpha value is 19.6. The Balaban J connectivity index is 0.00000150. The summed E-state index contributed by atoms with van der Waals surface area (Å²) in [7, 11) is 183. The predicted molar refractivity (Wildman–Crippen MR) is 858 cm³/mol. The van der Waals surface area contributed by atoms with Gasteiger partial charge in [-0.3, -0.25) is 0 Å². The second kappa shape index (κ2) is 123. The van der Waals surface area contributed by atoms with Crippen molar-refractivity contribution in [1.82, 2.24) is 0 Å². The molecule has 0 saturated carbocycles. The van der Waals surface area contributed by atoms with E-state index >= 15 is 0 Å². The topological polar surface area (TPSA) is 12.0 Å². The fourth-order valence-electron chi connectivity index (χ4n) is 4.02. The van der Waals surface area contributed by atoms with E-state index in [1.165, 1.54) is 39.7 Å².